The molecule has 0 atom stereocenters. The van der Waals surface area contributed by atoms with Gasteiger partial charge in [-0.05, 0) is 159 Å². The van der Waals surface area contributed by atoms with Gasteiger partial charge >= 0.3 is 0 Å². The lowest BCUT2D eigenvalue weighted by atomic mass is 9.70. The largest absolute Gasteiger partial charge is 0.310 e. The van der Waals surface area contributed by atoms with Crippen LogP contribution in [0.4, 0.5) is 34.1 Å². The smallest absolute Gasteiger partial charge is 0.0726 e. The Hall–Kier alpha value is -9.74. The van der Waals surface area contributed by atoms with Gasteiger partial charge in [-0.1, -0.05) is 182 Å². The molecule has 0 saturated heterocycles. The molecular weight excluding hydrogens is 951 g/mol. The van der Waals surface area contributed by atoms with Gasteiger partial charge in [-0.25, -0.2) is 0 Å². The van der Waals surface area contributed by atoms with Crippen LogP contribution in [0.3, 0.4) is 0 Å². The molecule has 2 aromatic heterocycles. The van der Waals surface area contributed by atoms with E-state index < -0.39 is 5.41 Å². The minimum absolute atomic E-state index is 0.464. The quantitative estimate of drug-likeness (QED) is 0.150. The molecule has 0 amide bonds. The van der Waals surface area contributed by atoms with Crippen LogP contribution in [0.25, 0.3) is 81.0 Å². The summed E-state index contributed by atoms with van der Waals surface area (Å²) in [5.74, 6) is 0. The molecule has 0 N–H and O–H groups in total. The van der Waals surface area contributed by atoms with E-state index in [1.54, 1.807) is 0 Å². The Balaban J connectivity index is 0.880. The predicted octanol–water partition coefficient (Wildman–Crippen LogP) is 20.1. The maximum atomic E-state index is 2.48. The Morgan fingerprint density at radius 2 is 0.766 bits per heavy atom. The van der Waals surface area contributed by atoms with E-state index in [4.69, 9.17) is 0 Å². The molecule has 3 nitrogen and oxygen atoms in total. The molecule has 2 heterocycles. The van der Waals surface area contributed by atoms with Crippen LogP contribution in [-0.4, -0.2) is 4.57 Å². The van der Waals surface area contributed by atoms with E-state index in [-0.39, 0.29) is 0 Å². The van der Waals surface area contributed by atoms with Gasteiger partial charge in [0, 0.05) is 70.8 Å². The summed E-state index contributed by atoms with van der Waals surface area (Å²) in [6, 6.07) is 106. The maximum absolute atomic E-state index is 2.48. The van der Waals surface area contributed by atoms with Gasteiger partial charge in [0.05, 0.1) is 16.4 Å². The number of benzene rings is 12. The number of rotatable bonds is 8. The number of fused-ring (bicyclic) bond motifs is 16. The summed E-state index contributed by atoms with van der Waals surface area (Å²) in [5.41, 5.74) is 22.3. The lowest BCUT2D eigenvalue weighted by Crippen LogP contribution is -2.26. The highest BCUT2D eigenvalue weighted by Crippen LogP contribution is 2.63. The van der Waals surface area contributed by atoms with Crippen LogP contribution < -0.4 is 9.80 Å². The summed E-state index contributed by atoms with van der Waals surface area (Å²) in [5, 5.41) is 5.02. The highest BCUT2D eigenvalue weighted by atomic mass is 32.1. The SMILES string of the molecule is c1ccc(N(c2cccc(N(c3cccc(-c4ccc5c6ccccc6n(-c6ccccc6)c5c4)c3)c3ccc4sc5ccccc5c4c3)c2)c2ccc3c(c2)C2(c4ccccc4-c4ccccc42)c2ccccc2-3)cc1. The second-order valence-electron chi connectivity index (χ2n) is 20.4. The standard InChI is InChI=1S/C73H47N3S/c1-3-20-50(21-4-1)74(56-38-41-60-59-29-9-14-34-67(59)73(68(60)47-56)65-32-12-7-27-57(65)58-28-8-13-33-66(58)73)53-25-18-26-54(45-53)75(55-39-42-72-64(46-55)63-31-11-16-36-71(63)77-72)52-24-17-19-48(43-52)49-37-40-62-61-30-10-15-35-69(61)76(70(62)44-49)51-22-5-2-6-23-51/h1-47H. The van der Waals surface area contributed by atoms with Crippen LogP contribution in [0.5, 0.6) is 0 Å². The second kappa shape index (κ2) is 17.2. The lowest BCUT2D eigenvalue weighted by molar-refractivity contribution is 0.793. The Morgan fingerprint density at radius 1 is 0.273 bits per heavy atom. The molecule has 0 saturated carbocycles. The van der Waals surface area contributed by atoms with Gasteiger partial charge in [0.15, 0.2) is 0 Å². The molecule has 0 radical (unpaired) electrons. The van der Waals surface area contributed by atoms with E-state index in [9.17, 15) is 0 Å². The fourth-order valence-electron chi connectivity index (χ4n) is 13.1. The molecule has 0 fully saturated rings. The Bertz CT molecular complexity index is 4600. The summed E-state index contributed by atoms with van der Waals surface area (Å²) in [7, 11) is 0. The molecule has 0 aliphatic heterocycles. The van der Waals surface area contributed by atoms with Crippen molar-refractivity contribution in [2.24, 2.45) is 0 Å². The summed E-state index contributed by atoms with van der Waals surface area (Å²) in [6.45, 7) is 0. The number of hydrogen-bond acceptors (Lipinski definition) is 3. The topological polar surface area (TPSA) is 11.4 Å². The molecule has 77 heavy (non-hydrogen) atoms. The van der Waals surface area contributed by atoms with Crippen molar-refractivity contribution in [2.45, 2.75) is 5.41 Å². The van der Waals surface area contributed by atoms with Gasteiger partial charge in [-0.2, -0.15) is 0 Å². The first-order valence-electron chi connectivity index (χ1n) is 26.5. The number of hydrogen-bond donors (Lipinski definition) is 0. The van der Waals surface area contributed by atoms with E-state index in [0.29, 0.717) is 0 Å². The van der Waals surface area contributed by atoms with Crippen molar-refractivity contribution in [2.75, 3.05) is 9.80 Å². The van der Waals surface area contributed by atoms with Crippen molar-refractivity contribution in [1.82, 2.24) is 4.57 Å². The first kappa shape index (κ1) is 43.6. The Morgan fingerprint density at radius 3 is 1.49 bits per heavy atom. The van der Waals surface area contributed by atoms with Crippen LogP contribution in [0, 0.1) is 0 Å². The van der Waals surface area contributed by atoms with Crippen molar-refractivity contribution >= 4 is 87.4 Å². The number of aromatic nitrogens is 1. The molecular formula is C73H47N3S. The number of thiophene rings is 1. The summed E-state index contributed by atoms with van der Waals surface area (Å²) in [4.78, 5) is 4.89. The predicted molar refractivity (Wildman–Crippen MR) is 325 cm³/mol. The molecule has 0 unspecified atom stereocenters. The molecule has 12 aromatic carbocycles. The van der Waals surface area contributed by atoms with Gasteiger partial charge in [0.1, 0.15) is 0 Å². The van der Waals surface area contributed by atoms with E-state index >= 15 is 0 Å². The normalized spacial score (nSPS) is 12.8. The van der Waals surface area contributed by atoms with Gasteiger partial charge < -0.3 is 14.4 Å². The molecule has 2 aliphatic carbocycles. The van der Waals surface area contributed by atoms with Crippen LogP contribution in [0.2, 0.25) is 0 Å². The zero-order valence-corrected chi connectivity index (χ0v) is 42.7. The van der Waals surface area contributed by atoms with Crippen LogP contribution in [0.1, 0.15) is 22.3 Å². The first-order chi connectivity index (χ1) is 38.2. The third-order valence-electron chi connectivity index (χ3n) is 16.3. The van der Waals surface area contributed by atoms with Crippen LogP contribution in [-0.2, 0) is 5.41 Å². The van der Waals surface area contributed by atoms with Crippen molar-refractivity contribution in [1.29, 1.82) is 0 Å². The van der Waals surface area contributed by atoms with E-state index in [2.05, 4.69) is 299 Å². The molecule has 0 bridgehead atoms. The molecule has 4 heteroatoms. The fraction of sp³-hybridized carbons (Fsp3) is 0.0137. The highest BCUT2D eigenvalue weighted by molar-refractivity contribution is 7.25. The Labute approximate surface area is 451 Å². The molecule has 14 aromatic rings. The Kier molecular flexibility index (Phi) is 9.72. The van der Waals surface area contributed by atoms with Gasteiger partial charge in [-0.15, -0.1) is 11.3 Å². The second-order valence-corrected chi connectivity index (χ2v) is 21.5. The van der Waals surface area contributed by atoms with Crippen LogP contribution >= 0.6 is 11.3 Å². The molecule has 1 spiro atoms. The maximum Gasteiger partial charge on any atom is 0.0726 e. The average molecular weight is 998 g/mol. The number of para-hydroxylation sites is 3. The van der Waals surface area contributed by atoms with E-state index in [1.165, 1.54) is 86.5 Å². The summed E-state index contributed by atoms with van der Waals surface area (Å²) >= 11 is 1.85. The van der Waals surface area contributed by atoms with E-state index in [1.807, 2.05) is 11.3 Å². The third kappa shape index (κ3) is 6.56. The lowest BCUT2D eigenvalue weighted by Gasteiger charge is -2.32. The third-order valence-corrected chi connectivity index (χ3v) is 17.5. The number of anilines is 6. The average Bonchev–Trinajstić information content (AvgIpc) is 4.38. The van der Waals surface area contributed by atoms with Crippen molar-refractivity contribution in [3.63, 3.8) is 0 Å². The highest BCUT2D eigenvalue weighted by Gasteiger charge is 2.51. The van der Waals surface area contributed by atoms with Crippen molar-refractivity contribution in [3.05, 3.63) is 307 Å². The fourth-order valence-corrected chi connectivity index (χ4v) is 14.2. The minimum Gasteiger partial charge on any atom is -0.310 e. The number of nitrogens with zero attached hydrogens (tertiary/aromatic N) is 3. The molecule has 2 aliphatic rings. The first-order valence-corrected chi connectivity index (χ1v) is 27.3. The van der Waals surface area contributed by atoms with E-state index in [0.717, 1.165) is 50.9 Å². The zero-order chi connectivity index (χ0) is 50.6. The monoisotopic (exact) mass is 997 g/mol. The van der Waals surface area contributed by atoms with Gasteiger partial charge in [-0.3, -0.25) is 0 Å². The van der Waals surface area contributed by atoms with Gasteiger partial charge in [0.2, 0.25) is 0 Å². The van der Waals surface area contributed by atoms with Crippen LogP contribution in [0.15, 0.2) is 285 Å². The van der Waals surface area contributed by atoms with Gasteiger partial charge in [0.25, 0.3) is 0 Å². The minimum atomic E-state index is -0.464. The summed E-state index contributed by atoms with van der Waals surface area (Å²) < 4.78 is 4.97. The summed E-state index contributed by atoms with van der Waals surface area (Å²) in [6.07, 6.45) is 0. The van der Waals surface area contributed by atoms with Crippen molar-refractivity contribution < 1.29 is 0 Å². The zero-order valence-electron chi connectivity index (χ0n) is 41.9. The van der Waals surface area contributed by atoms with Crippen molar-refractivity contribution in [3.8, 4) is 39.1 Å². The molecule has 360 valence electrons. The molecule has 16 rings (SSSR count).